The first-order valence-corrected chi connectivity index (χ1v) is 11.4. The number of hydrogen-bond donors (Lipinski definition) is 2. The number of nitrogens with zero attached hydrogens (tertiary/aromatic N) is 3. The first-order valence-electron chi connectivity index (χ1n) is 11.4. The topological polar surface area (TPSA) is 78.4 Å². The lowest BCUT2D eigenvalue weighted by Crippen LogP contribution is -2.48. The molecular formula is C22H44IN5O3. The predicted octanol–water partition coefficient (Wildman–Crippen LogP) is 1.79. The number of guanidine groups is 1. The van der Waals surface area contributed by atoms with Gasteiger partial charge in [0, 0.05) is 52.8 Å². The summed E-state index contributed by atoms with van der Waals surface area (Å²) in [6.07, 6.45) is 3.50. The Morgan fingerprint density at radius 1 is 1.16 bits per heavy atom. The third kappa shape index (κ3) is 10.7. The molecule has 2 aliphatic heterocycles. The lowest BCUT2D eigenvalue weighted by molar-refractivity contribution is -0.127. The molecule has 2 aliphatic rings. The molecule has 2 N–H and O–H groups in total. The van der Waals surface area contributed by atoms with Gasteiger partial charge in [-0.3, -0.25) is 9.69 Å². The Bertz CT molecular complexity index is 548. The Balaban J connectivity index is 0.00000480. The normalized spacial score (nSPS) is 23.1. The van der Waals surface area contributed by atoms with Gasteiger partial charge in [0.15, 0.2) is 5.96 Å². The molecule has 31 heavy (non-hydrogen) atoms. The molecule has 1 amide bonds. The maximum atomic E-state index is 12.0. The average Bonchev–Trinajstić information content (AvgIpc) is 2.72. The van der Waals surface area contributed by atoms with Gasteiger partial charge in [-0.15, -0.1) is 24.0 Å². The monoisotopic (exact) mass is 553 g/mol. The van der Waals surface area contributed by atoms with Crippen molar-refractivity contribution in [3.8, 4) is 0 Å². The van der Waals surface area contributed by atoms with Crippen LogP contribution in [-0.2, 0) is 14.3 Å². The highest BCUT2D eigenvalue weighted by Gasteiger charge is 2.35. The van der Waals surface area contributed by atoms with Crippen LogP contribution in [0.4, 0.5) is 0 Å². The predicted molar refractivity (Wildman–Crippen MR) is 136 cm³/mol. The zero-order chi connectivity index (χ0) is 22.0. The van der Waals surface area contributed by atoms with Crippen LogP contribution in [0.5, 0.6) is 0 Å². The molecule has 2 fully saturated rings. The maximum absolute atomic E-state index is 12.0. The molecule has 0 spiro atoms. The molecule has 0 aromatic carbocycles. The summed E-state index contributed by atoms with van der Waals surface area (Å²) in [5.74, 6) is 1.15. The zero-order valence-corrected chi connectivity index (χ0v) is 22.4. The van der Waals surface area contributed by atoms with E-state index in [1.54, 1.807) is 19.0 Å². The maximum Gasteiger partial charge on any atom is 0.243 e. The molecule has 0 bridgehead atoms. The van der Waals surface area contributed by atoms with Crippen molar-refractivity contribution in [3.63, 3.8) is 0 Å². The first-order chi connectivity index (χ1) is 14.3. The molecule has 2 atom stereocenters. The number of nitrogens with one attached hydrogen (secondary N) is 2. The van der Waals surface area contributed by atoms with Crippen LogP contribution in [0.15, 0.2) is 4.99 Å². The SMILES string of the molecule is CN(C)C(=O)CN=C(NCCCN1CCOCC1)NCC1CCCOC1C(C)(C)C.I. The minimum atomic E-state index is -0.00187. The number of amides is 1. The number of morpholine rings is 1. The van der Waals surface area contributed by atoms with Gasteiger partial charge in [-0.05, 0) is 31.2 Å². The van der Waals surface area contributed by atoms with Gasteiger partial charge in [0.05, 0.1) is 19.3 Å². The second kappa shape index (κ2) is 14.5. The van der Waals surface area contributed by atoms with Crippen LogP contribution in [0, 0.1) is 11.3 Å². The first kappa shape index (κ1) is 28.4. The van der Waals surface area contributed by atoms with Crippen LogP contribution in [0.25, 0.3) is 0 Å². The highest BCUT2D eigenvalue weighted by Crippen LogP contribution is 2.33. The smallest absolute Gasteiger partial charge is 0.243 e. The third-order valence-electron chi connectivity index (χ3n) is 5.75. The van der Waals surface area contributed by atoms with E-state index in [9.17, 15) is 4.79 Å². The number of hydrogen-bond acceptors (Lipinski definition) is 5. The van der Waals surface area contributed by atoms with Crippen molar-refractivity contribution in [1.82, 2.24) is 20.4 Å². The van der Waals surface area contributed by atoms with E-state index in [0.717, 1.165) is 71.8 Å². The minimum Gasteiger partial charge on any atom is -0.379 e. The summed E-state index contributed by atoms with van der Waals surface area (Å²) in [5, 5.41) is 6.90. The zero-order valence-electron chi connectivity index (χ0n) is 20.1. The van der Waals surface area contributed by atoms with Crippen LogP contribution >= 0.6 is 24.0 Å². The Labute approximate surface area is 205 Å². The van der Waals surface area contributed by atoms with Crippen molar-refractivity contribution < 1.29 is 14.3 Å². The number of likely N-dealkylation sites (N-methyl/N-ethyl adjacent to an activating group) is 1. The molecule has 2 rings (SSSR count). The summed E-state index contributed by atoms with van der Waals surface area (Å²) in [6, 6.07) is 0. The van der Waals surface area contributed by atoms with Crippen molar-refractivity contribution >= 4 is 35.8 Å². The number of rotatable bonds is 8. The summed E-state index contributed by atoms with van der Waals surface area (Å²) >= 11 is 0. The summed E-state index contributed by atoms with van der Waals surface area (Å²) in [7, 11) is 3.52. The number of carbonyl (C=O) groups excluding carboxylic acids is 1. The van der Waals surface area contributed by atoms with Gasteiger partial charge >= 0.3 is 0 Å². The molecule has 0 saturated carbocycles. The Hall–Kier alpha value is -0.650. The van der Waals surface area contributed by atoms with Gasteiger partial charge in [0.1, 0.15) is 6.54 Å². The Morgan fingerprint density at radius 2 is 1.87 bits per heavy atom. The number of aliphatic imine (C=N–C) groups is 1. The molecular weight excluding hydrogens is 509 g/mol. The molecule has 8 nitrogen and oxygen atoms in total. The van der Waals surface area contributed by atoms with Crippen molar-refractivity contribution in [1.29, 1.82) is 0 Å². The Kier molecular flexibility index (Phi) is 13.3. The van der Waals surface area contributed by atoms with Crippen molar-refractivity contribution in [2.24, 2.45) is 16.3 Å². The fourth-order valence-corrected chi connectivity index (χ4v) is 4.03. The van der Waals surface area contributed by atoms with E-state index in [2.05, 4.69) is 41.3 Å². The number of halogens is 1. The van der Waals surface area contributed by atoms with Gasteiger partial charge in [-0.25, -0.2) is 4.99 Å². The van der Waals surface area contributed by atoms with Crippen LogP contribution in [-0.4, -0.2) is 101 Å². The fraction of sp³-hybridized carbons (Fsp3) is 0.909. The van der Waals surface area contributed by atoms with Gasteiger partial charge in [0.25, 0.3) is 0 Å². The molecule has 0 aliphatic carbocycles. The molecule has 2 saturated heterocycles. The van der Waals surface area contributed by atoms with E-state index in [4.69, 9.17) is 9.47 Å². The van der Waals surface area contributed by atoms with Crippen molar-refractivity contribution in [3.05, 3.63) is 0 Å². The van der Waals surface area contributed by atoms with E-state index in [1.165, 1.54) is 0 Å². The number of ether oxygens (including phenoxy) is 2. The quantitative estimate of drug-likeness (QED) is 0.207. The third-order valence-corrected chi connectivity index (χ3v) is 5.75. The lowest BCUT2D eigenvalue weighted by atomic mass is 9.78. The van der Waals surface area contributed by atoms with Crippen LogP contribution < -0.4 is 10.6 Å². The van der Waals surface area contributed by atoms with Gasteiger partial charge in [-0.1, -0.05) is 20.8 Å². The van der Waals surface area contributed by atoms with Gasteiger partial charge < -0.3 is 25.0 Å². The van der Waals surface area contributed by atoms with Gasteiger partial charge in [0.2, 0.25) is 5.91 Å². The van der Waals surface area contributed by atoms with E-state index in [-0.39, 0.29) is 47.9 Å². The summed E-state index contributed by atoms with van der Waals surface area (Å²) in [6.45, 7) is 14.0. The van der Waals surface area contributed by atoms with Crippen LogP contribution in [0.3, 0.4) is 0 Å². The number of carbonyl (C=O) groups is 1. The van der Waals surface area contributed by atoms with E-state index in [1.807, 2.05) is 0 Å². The minimum absolute atomic E-state index is 0. The largest absolute Gasteiger partial charge is 0.379 e. The van der Waals surface area contributed by atoms with E-state index >= 15 is 0 Å². The van der Waals surface area contributed by atoms with E-state index < -0.39 is 0 Å². The van der Waals surface area contributed by atoms with Crippen molar-refractivity contribution in [2.75, 3.05) is 73.2 Å². The summed E-state index contributed by atoms with van der Waals surface area (Å²) < 4.78 is 11.5. The Morgan fingerprint density at radius 3 is 2.52 bits per heavy atom. The van der Waals surface area contributed by atoms with Crippen LogP contribution in [0.1, 0.15) is 40.0 Å². The molecule has 2 unspecified atom stereocenters. The second-order valence-electron chi connectivity index (χ2n) is 9.63. The van der Waals surface area contributed by atoms with Gasteiger partial charge in [-0.2, -0.15) is 0 Å². The summed E-state index contributed by atoms with van der Waals surface area (Å²) in [4.78, 5) is 20.5. The highest BCUT2D eigenvalue weighted by atomic mass is 127. The lowest BCUT2D eigenvalue weighted by Gasteiger charge is -2.40. The molecule has 9 heteroatoms. The molecule has 182 valence electrons. The second-order valence-corrected chi connectivity index (χ2v) is 9.63. The van der Waals surface area contributed by atoms with Crippen LogP contribution in [0.2, 0.25) is 0 Å². The highest BCUT2D eigenvalue weighted by molar-refractivity contribution is 14.0. The van der Waals surface area contributed by atoms with Crippen molar-refractivity contribution in [2.45, 2.75) is 46.1 Å². The molecule has 0 aromatic rings. The van der Waals surface area contributed by atoms with E-state index in [0.29, 0.717) is 11.9 Å². The summed E-state index contributed by atoms with van der Waals surface area (Å²) in [5.41, 5.74) is 0.108. The standard InChI is InChI=1S/C22H43N5O3.HI/c1-22(2,3)20-18(8-6-13-30-20)16-24-21(25-17-19(28)26(4)5)23-9-7-10-27-11-14-29-15-12-27;/h18,20H,6-17H2,1-5H3,(H2,23,24,25);1H. The fourth-order valence-electron chi connectivity index (χ4n) is 4.03. The molecule has 0 aromatic heterocycles. The average molecular weight is 554 g/mol. The molecule has 2 heterocycles. The molecule has 0 radical (unpaired) electrons.